The van der Waals surface area contributed by atoms with Gasteiger partial charge in [-0.3, -0.25) is 4.40 Å². The Morgan fingerprint density at radius 3 is 2.87 bits per heavy atom. The van der Waals surface area contributed by atoms with Crippen LogP contribution in [0.4, 0.5) is 0 Å². The van der Waals surface area contributed by atoms with Crippen LogP contribution in [0.5, 0.6) is 5.88 Å². The van der Waals surface area contributed by atoms with Crippen LogP contribution in [0, 0.1) is 6.92 Å². The maximum Gasteiger partial charge on any atom is 0.337 e. The Bertz CT molecular complexity index is 531. The molecule has 0 saturated carbocycles. The fourth-order valence-corrected chi connectivity index (χ4v) is 1.51. The number of imidazole rings is 1. The molecular weight excluding hydrogens is 196 g/mol. The summed E-state index contributed by atoms with van der Waals surface area (Å²) >= 11 is 0. The molecule has 0 aliphatic rings. The number of rotatable bonds is 2. The summed E-state index contributed by atoms with van der Waals surface area (Å²) in [5.41, 5.74) is 1.62. The number of carbonyl (C=O) groups is 1. The standard InChI is InChI=1S/C10H10N2O3/c1-6-9(15-2)12-5-7(10(13)14)3-4-8(12)11-6/h3-5H,1-2H3,(H,13,14). The van der Waals surface area contributed by atoms with Crippen molar-refractivity contribution in [1.82, 2.24) is 9.38 Å². The predicted molar refractivity (Wildman–Crippen MR) is 53.4 cm³/mol. The molecule has 1 N–H and O–H groups in total. The van der Waals surface area contributed by atoms with Crippen molar-refractivity contribution in [3.63, 3.8) is 0 Å². The second kappa shape index (κ2) is 3.27. The van der Waals surface area contributed by atoms with Gasteiger partial charge in [0, 0.05) is 6.20 Å². The molecule has 2 aromatic rings. The van der Waals surface area contributed by atoms with Crippen LogP contribution in [0.2, 0.25) is 0 Å². The Hall–Kier alpha value is -2.04. The minimum absolute atomic E-state index is 0.207. The van der Waals surface area contributed by atoms with Crippen molar-refractivity contribution in [2.75, 3.05) is 7.11 Å². The lowest BCUT2D eigenvalue weighted by Gasteiger charge is -2.01. The fourth-order valence-electron chi connectivity index (χ4n) is 1.51. The number of carboxylic acids is 1. The highest BCUT2D eigenvalue weighted by Crippen LogP contribution is 2.19. The van der Waals surface area contributed by atoms with E-state index in [-0.39, 0.29) is 5.56 Å². The van der Waals surface area contributed by atoms with Gasteiger partial charge in [-0.25, -0.2) is 9.78 Å². The Morgan fingerprint density at radius 1 is 1.53 bits per heavy atom. The summed E-state index contributed by atoms with van der Waals surface area (Å²) in [6.07, 6.45) is 1.50. The largest absolute Gasteiger partial charge is 0.481 e. The van der Waals surface area contributed by atoms with Crippen molar-refractivity contribution in [1.29, 1.82) is 0 Å². The molecule has 0 aliphatic heterocycles. The van der Waals surface area contributed by atoms with E-state index in [1.54, 1.807) is 10.5 Å². The average molecular weight is 206 g/mol. The molecule has 2 heterocycles. The first-order valence-corrected chi connectivity index (χ1v) is 4.39. The van der Waals surface area contributed by atoms with Crippen molar-refractivity contribution in [2.45, 2.75) is 6.92 Å². The van der Waals surface area contributed by atoms with Gasteiger partial charge in [0.2, 0.25) is 5.88 Å². The number of carboxylic acid groups (broad SMARTS) is 1. The smallest absolute Gasteiger partial charge is 0.337 e. The van der Waals surface area contributed by atoms with Crippen LogP contribution in [-0.4, -0.2) is 27.6 Å². The van der Waals surface area contributed by atoms with E-state index >= 15 is 0 Å². The molecule has 0 aliphatic carbocycles. The first kappa shape index (κ1) is 9.51. The summed E-state index contributed by atoms with van der Waals surface area (Å²) < 4.78 is 6.76. The second-order valence-electron chi connectivity index (χ2n) is 3.16. The second-order valence-corrected chi connectivity index (χ2v) is 3.16. The molecule has 0 fully saturated rings. The van der Waals surface area contributed by atoms with E-state index in [0.717, 1.165) is 5.69 Å². The molecule has 5 heteroatoms. The van der Waals surface area contributed by atoms with Crippen molar-refractivity contribution in [3.05, 3.63) is 29.6 Å². The van der Waals surface area contributed by atoms with Gasteiger partial charge in [0.25, 0.3) is 0 Å². The van der Waals surface area contributed by atoms with Gasteiger partial charge in [0.05, 0.1) is 12.7 Å². The highest BCUT2D eigenvalue weighted by molar-refractivity contribution is 5.87. The van der Waals surface area contributed by atoms with Gasteiger partial charge in [-0.15, -0.1) is 0 Å². The lowest BCUT2D eigenvalue weighted by atomic mass is 10.3. The summed E-state index contributed by atoms with van der Waals surface area (Å²) in [6, 6.07) is 3.17. The maximum atomic E-state index is 10.8. The zero-order valence-electron chi connectivity index (χ0n) is 8.39. The van der Waals surface area contributed by atoms with Crippen LogP contribution in [0.15, 0.2) is 18.3 Å². The first-order chi connectivity index (χ1) is 7.13. The molecule has 5 nitrogen and oxygen atoms in total. The number of pyridine rings is 1. The monoisotopic (exact) mass is 206 g/mol. The molecule has 2 aromatic heterocycles. The van der Waals surface area contributed by atoms with Crippen molar-refractivity contribution in [3.8, 4) is 5.88 Å². The van der Waals surface area contributed by atoms with E-state index in [1.807, 2.05) is 6.92 Å². The minimum Gasteiger partial charge on any atom is -0.481 e. The minimum atomic E-state index is -0.967. The highest BCUT2D eigenvalue weighted by atomic mass is 16.5. The number of methoxy groups -OCH3 is 1. The number of aromatic nitrogens is 2. The van der Waals surface area contributed by atoms with Crippen LogP contribution >= 0.6 is 0 Å². The van der Waals surface area contributed by atoms with E-state index in [2.05, 4.69) is 4.98 Å². The zero-order chi connectivity index (χ0) is 11.0. The van der Waals surface area contributed by atoms with Crippen LogP contribution in [0.3, 0.4) is 0 Å². The Morgan fingerprint density at radius 2 is 2.27 bits per heavy atom. The van der Waals surface area contributed by atoms with Gasteiger partial charge in [0.1, 0.15) is 11.3 Å². The van der Waals surface area contributed by atoms with Crippen LogP contribution in [0.1, 0.15) is 16.1 Å². The van der Waals surface area contributed by atoms with Gasteiger partial charge in [-0.05, 0) is 19.1 Å². The summed E-state index contributed by atoms with van der Waals surface area (Å²) in [6.45, 7) is 1.81. The van der Waals surface area contributed by atoms with Crippen molar-refractivity contribution < 1.29 is 14.6 Å². The molecule has 0 atom stereocenters. The quantitative estimate of drug-likeness (QED) is 0.805. The Balaban J connectivity index is 2.73. The van der Waals surface area contributed by atoms with Crippen molar-refractivity contribution >= 4 is 11.6 Å². The lowest BCUT2D eigenvalue weighted by molar-refractivity contribution is 0.0696. The molecule has 0 aromatic carbocycles. The van der Waals surface area contributed by atoms with Gasteiger partial charge >= 0.3 is 5.97 Å². The molecule has 2 rings (SSSR count). The predicted octanol–water partition coefficient (Wildman–Crippen LogP) is 1.35. The van der Waals surface area contributed by atoms with E-state index in [9.17, 15) is 4.79 Å². The van der Waals surface area contributed by atoms with Gasteiger partial charge < -0.3 is 9.84 Å². The molecule has 0 amide bonds. The molecule has 78 valence electrons. The van der Waals surface area contributed by atoms with E-state index in [4.69, 9.17) is 9.84 Å². The number of hydrogen-bond donors (Lipinski definition) is 1. The highest BCUT2D eigenvalue weighted by Gasteiger charge is 2.11. The van der Waals surface area contributed by atoms with Crippen LogP contribution in [-0.2, 0) is 0 Å². The Kier molecular flexibility index (Phi) is 2.07. The number of ether oxygens (including phenoxy) is 1. The molecule has 0 bridgehead atoms. The topological polar surface area (TPSA) is 63.8 Å². The van der Waals surface area contributed by atoms with Crippen LogP contribution in [0.25, 0.3) is 5.65 Å². The van der Waals surface area contributed by atoms with Gasteiger partial charge in [-0.1, -0.05) is 0 Å². The molecule has 0 spiro atoms. The molecule has 15 heavy (non-hydrogen) atoms. The molecule has 0 radical (unpaired) electrons. The summed E-state index contributed by atoms with van der Waals surface area (Å²) in [5, 5.41) is 8.84. The number of aryl methyl sites for hydroxylation is 1. The third kappa shape index (κ3) is 1.41. The van der Waals surface area contributed by atoms with Crippen LogP contribution < -0.4 is 4.74 Å². The number of hydrogen-bond acceptors (Lipinski definition) is 3. The molecular formula is C10H10N2O3. The van der Waals surface area contributed by atoms with Gasteiger partial charge in [0.15, 0.2) is 0 Å². The SMILES string of the molecule is COc1c(C)nc2ccc(C(=O)O)cn12. The maximum absolute atomic E-state index is 10.8. The number of nitrogens with zero attached hydrogens (tertiary/aromatic N) is 2. The molecule has 0 unspecified atom stereocenters. The summed E-state index contributed by atoms with van der Waals surface area (Å²) in [5.74, 6) is -0.404. The van der Waals surface area contributed by atoms with E-state index < -0.39 is 5.97 Å². The molecule has 0 saturated heterocycles. The number of fused-ring (bicyclic) bond motifs is 1. The normalized spacial score (nSPS) is 10.5. The third-order valence-corrected chi connectivity index (χ3v) is 2.18. The number of aromatic carboxylic acids is 1. The lowest BCUT2D eigenvalue weighted by Crippen LogP contribution is -1.99. The average Bonchev–Trinajstić information content (AvgIpc) is 2.51. The summed E-state index contributed by atoms with van der Waals surface area (Å²) in [7, 11) is 1.53. The summed E-state index contributed by atoms with van der Waals surface area (Å²) in [4.78, 5) is 15.0. The van der Waals surface area contributed by atoms with Crippen molar-refractivity contribution in [2.24, 2.45) is 0 Å². The fraction of sp³-hybridized carbons (Fsp3) is 0.200. The van der Waals surface area contributed by atoms with E-state index in [1.165, 1.54) is 19.4 Å². The third-order valence-electron chi connectivity index (χ3n) is 2.18. The first-order valence-electron chi connectivity index (χ1n) is 4.39. The van der Waals surface area contributed by atoms with E-state index in [0.29, 0.717) is 11.5 Å². The van der Waals surface area contributed by atoms with Gasteiger partial charge in [-0.2, -0.15) is 0 Å². The zero-order valence-corrected chi connectivity index (χ0v) is 8.39. The Labute approximate surface area is 85.9 Å².